The number of hydrogen-bond acceptors (Lipinski definition) is 5. The number of primary amides is 1. The summed E-state index contributed by atoms with van der Waals surface area (Å²) in [4.78, 5) is 38.0. The van der Waals surface area contributed by atoms with Crippen molar-refractivity contribution >= 4 is 23.4 Å². The maximum atomic E-state index is 13.5. The van der Waals surface area contributed by atoms with Crippen molar-refractivity contribution in [2.24, 2.45) is 23.5 Å². The van der Waals surface area contributed by atoms with Crippen LogP contribution in [0.3, 0.4) is 0 Å². The highest BCUT2D eigenvalue weighted by Crippen LogP contribution is 2.49. The molecular formula is C28H33F3N4O4. The van der Waals surface area contributed by atoms with Gasteiger partial charge in [-0.1, -0.05) is 24.3 Å². The zero-order chi connectivity index (χ0) is 27.7. The van der Waals surface area contributed by atoms with Crippen LogP contribution in [0.2, 0.25) is 0 Å². The highest BCUT2D eigenvalue weighted by molar-refractivity contribution is 6.35. The second-order valence-corrected chi connectivity index (χ2v) is 10.8. The molecule has 1 aromatic carbocycles. The smallest absolute Gasteiger partial charge is 0.381 e. The van der Waals surface area contributed by atoms with Gasteiger partial charge in [0.1, 0.15) is 0 Å². The molecule has 4 aliphatic rings. The van der Waals surface area contributed by atoms with Crippen molar-refractivity contribution in [3.05, 3.63) is 53.6 Å². The van der Waals surface area contributed by atoms with Gasteiger partial charge in [0, 0.05) is 54.7 Å². The summed E-state index contributed by atoms with van der Waals surface area (Å²) in [5, 5.41) is 6.14. The minimum atomic E-state index is -4.48. The maximum Gasteiger partial charge on any atom is 0.416 e. The van der Waals surface area contributed by atoms with E-state index in [9.17, 15) is 27.6 Å². The minimum Gasteiger partial charge on any atom is -0.381 e. The fourth-order valence-electron chi connectivity index (χ4n) is 6.20. The van der Waals surface area contributed by atoms with E-state index in [0.29, 0.717) is 36.9 Å². The molecule has 1 unspecified atom stereocenters. The molecular weight excluding hydrogens is 513 g/mol. The summed E-state index contributed by atoms with van der Waals surface area (Å²) in [5.74, 6) is -2.02. The summed E-state index contributed by atoms with van der Waals surface area (Å²) in [5.41, 5.74) is 5.69. The molecule has 8 nitrogen and oxygen atoms in total. The van der Waals surface area contributed by atoms with Crippen molar-refractivity contribution in [1.82, 2.24) is 10.2 Å². The fraction of sp³-hybridized carbons (Fsp3) is 0.536. The normalized spacial score (nSPS) is 28.7. The molecule has 11 heteroatoms. The highest BCUT2D eigenvalue weighted by Gasteiger charge is 2.45. The molecule has 2 fully saturated rings. The first kappa shape index (κ1) is 27.2. The Hall–Kier alpha value is -3.34. The van der Waals surface area contributed by atoms with Gasteiger partial charge in [0.2, 0.25) is 5.91 Å². The second-order valence-electron chi connectivity index (χ2n) is 10.8. The van der Waals surface area contributed by atoms with Crippen LogP contribution in [0.25, 0.3) is 0 Å². The van der Waals surface area contributed by atoms with Crippen LogP contribution >= 0.6 is 0 Å². The number of halogens is 3. The molecule has 2 saturated heterocycles. The molecule has 0 spiro atoms. The van der Waals surface area contributed by atoms with E-state index in [1.807, 2.05) is 12.2 Å². The van der Waals surface area contributed by atoms with Gasteiger partial charge in [0.05, 0.1) is 17.8 Å². The van der Waals surface area contributed by atoms with Gasteiger partial charge in [0.15, 0.2) is 0 Å². The summed E-state index contributed by atoms with van der Waals surface area (Å²) < 4.78 is 47.0. The Morgan fingerprint density at radius 3 is 2.54 bits per heavy atom. The first-order chi connectivity index (χ1) is 18.6. The zero-order valence-electron chi connectivity index (χ0n) is 21.5. The van der Waals surface area contributed by atoms with Crippen LogP contribution in [0.1, 0.15) is 49.3 Å². The summed E-state index contributed by atoms with van der Waals surface area (Å²) >= 11 is 0. The number of carbonyl (C=O) groups excluding carboxylic acids is 3. The average Bonchev–Trinajstić information content (AvgIpc) is 2.94. The first-order valence-electron chi connectivity index (χ1n) is 13.4. The standard InChI is InChI=1S/C28H33F3N4O4/c29-28(30,31)18-6-9-22-21(14-18)24-20(23(34-22)16-4-2-1-3-5-16)8-7-19(39-24)15-33-26(37)27(38)35-12-10-17(11-13-35)25(32)36/h1-4,6,9,14,16-17,19-20,23-24,34H,5,7-8,10-13,15H2,(H2,32,36)(H,33,37)/t16?,19-,20+,23+,24+/m1/s1. The molecule has 5 rings (SSSR count). The number of nitrogens with two attached hydrogens (primary N) is 1. The molecule has 0 radical (unpaired) electrons. The number of nitrogens with one attached hydrogen (secondary N) is 2. The van der Waals surface area contributed by atoms with Crippen LogP contribution in [-0.4, -0.2) is 54.4 Å². The second kappa shape index (κ2) is 11.0. The monoisotopic (exact) mass is 546 g/mol. The van der Waals surface area contributed by atoms with Crippen LogP contribution < -0.4 is 16.4 Å². The van der Waals surface area contributed by atoms with Crippen molar-refractivity contribution in [3.8, 4) is 0 Å². The van der Waals surface area contributed by atoms with E-state index in [0.717, 1.165) is 18.6 Å². The number of piperidine rings is 1. The lowest BCUT2D eigenvalue weighted by Crippen LogP contribution is -2.51. The van der Waals surface area contributed by atoms with Crippen LogP contribution in [0.15, 0.2) is 42.5 Å². The van der Waals surface area contributed by atoms with Gasteiger partial charge in [-0.3, -0.25) is 14.4 Å². The number of anilines is 1. The van der Waals surface area contributed by atoms with Gasteiger partial charge < -0.3 is 26.0 Å². The fourth-order valence-corrected chi connectivity index (χ4v) is 6.20. The van der Waals surface area contributed by atoms with Crippen LogP contribution in [0.4, 0.5) is 18.9 Å². The summed E-state index contributed by atoms with van der Waals surface area (Å²) in [7, 11) is 0. The molecule has 3 amide bonds. The number of nitrogens with zero attached hydrogens (tertiary/aromatic N) is 1. The van der Waals surface area contributed by atoms with E-state index in [2.05, 4.69) is 22.8 Å². The third-order valence-corrected chi connectivity index (χ3v) is 8.36. The van der Waals surface area contributed by atoms with Gasteiger partial charge in [-0.05, 0) is 50.3 Å². The molecule has 1 aromatic rings. The lowest BCUT2D eigenvalue weighted by atomic mass is 9.73. The predicted molar refractivity (Wildman–Crippen MR) is 137 cm³/mol. The molecule has 3 heterocycles. The van der Waals surface area contributed by atoms with E-state index in [1.54, 1.807) is 0 Å². The number of allylic oxidation sites excluding steroid dienone is 3. The van der Waals surface area contributed by atoms with E-state index in [1.165, 1.54) is 11.0 Å². The van der Waals surface area contributed by atoms with E-state index >= 15 is 0 Å². The predicted octanol–water partition coefficient (Wildman–Crippen LogP) is 3.31. The third kappa shape index (κ3) is 5.83. The van der Waals surface area contributed by atoms with E-state index in [-0.39, 0.29) is 43.4 Å². The number of alkyl halides is 3. The maximum absolute atomic E-state index is 13.5. The molecule has 0 saturated carbocycles. The van der Waals surface area contributed by atoms with E-state index in [4.69, 9.17) is 10.5 Å². The molecule has 39 heavy (non-hydrogen) atoms. The molecule has 0 bridgehead atoms. The Morgan fingerprint density at radius 2 is 1.87 bits per heavy atom. The molecule has 1 aliphatic carbocycles. The van der Waals surface area contributed by atoms with Crippen molar-refractivity contribution < 1.29 is 32.3 Å². The lowest BCUT2D eigenvalue weighted by molar-refractivity contribution is -0.148. The average molecular weight is 547 g/mol. The number of hydrogen-bond donors (Lipinski definition) is 3. The zero-order valence-corrected chi connectivity index (χ0v) is 21.5. The highest BCUT2D eigenvalue weighted by atomic mass is 19.4. The number of amides is 3. The summed E-state index contributed by atoms with van der Waals surface area (Å²) in [6.07, 6.45) is 5.62. The van der Waals surface area contributed by atoms with Crippen molar-refractivity contribution in [2.75, 3.05) is 25.0 Å². The van der Waals surface area contributed by atoms with Gasteiger partial charge in [-0.25, -0.2) is 0 Å². The SMILES string of the molecule is NC(=O)C1CCN(C(=O)C(=O)NC[C@H]2CC[C@@H]3[C@H](O2)c2cc(C(F)(F)F)ccc2N[C@H]3C2C=CC=CC2)CC1. The topological polar surface area (TPSA) is 114 Å². The van der Waals surface area contributed by atoms with Crippen LogP contribution in [0, 0.1) is 17.8 Å². The van der Waals surface area contributed by atoms with Crippen LogP contribution in [-0.2, 0) is 25.3 Å². The Kier molecular flexibility index (Phi) is 7.70. The number of carbonyl (C=O) groups is 3. The molecule has 4 N–H and O–H groups in total. The van der Waals surface area contributed by atoms with Crippen molar-refractivity contribution in [3.63, 3.8) is 0 Å². The van der Waals surface area contributed by atoms with Gasteiger partial charge in [-0.15, -0.1) is 0 Å². The van der Waals surface area contributed by atoms with Crippen molar-refractivity contribution in [2.45, 2.75) is 56.5 Å². The Morgan fingerprint density at radius 1 is 1.10 bits per heavy atom. The molecule has 210 valence electrons. The van der Waals surface area contributed by atoms with Crippen molar-refractivity contribution in [1.29, 1.82) is 0 Å². The largest absolute Gasteiger partial charge is 0.416 e. The number of ether oxygens (including phenoxy) is 1. The molecule has 5 atom stereocenters. The number of likely N-dealkylation sites (tertiary alicyclic amines) is 1. The van der Waals surface area contributed by atoms with Crippen LogP contribution in [0.5, 0.6) is 0 Å². The third-order valence-electron chi connectivity index (χ3n) is 8.36. The lowest BCUT2D eigenvalue weighted by Gasteiger charge is -2.47. The first-order valence-corrected chi connectivity index (χ1v) is 13.4. The minimum absolute atomic E-state index is 0.0131. The van der Waals surface area contributed by atoms with Gasteiger partial charge in [-0.2, -0.15) is 13.2 Å². The summed E-state index contributed by atoms with van der Waals surface area (Å²) in [6.45, 7) is 0.631. The Labute approximate surface area is 224 Å². The summed E-state index contributed by atoms with van der Waals surface area (Å²) in [6, 6.07) is 3.70. The number of benzene rings is 1. The quantitative estimate of drug-likeness (QED) is 0.502. The van der Waals surface area contributed by atoms with Gasteiger partial charge in [0.25, 0.3) is 0 Å². The number of fused-ring (bicyclic) bond motifs is 3. The molecule has 0 aromatic heterocycles. The Bertz CT molecular complexity index is 1180. The van der Waals surface area contributed by atoms with E-state index < -0.39 is 41.7 Å². The molecule has 3 aliphatic heterocycles. The van der Waals surface area contributed by atoms with Gasteiger partial charge >= 0.3 is 18.0 Å². The Balaban J connectivity index is 1.27. The number of rotatable bonds is 4.